The summed E-state index contributed by atoms with van der Waals surface area (Å²) in [6.07, 6.45) is 3.93. The third-order valence-corrected chi connectivity index (χ3v) is 8.24. The number of carbonyl (C=O) groups is 1. The van der Waals surface area contributed by atoms with Crippen molar-refractivity contribution in [3.05, 3.63) is 65.9 Å². The predicted octanol–water partition coefficient (Wildman–Crippen LogP) is 5.13. The highest BCUT2D eigenvalue weighted by Gasteiger charge is 2.34. The Hall–Kier alpha value is -3.12. The van der Waals surface area contributed by atoms with Crippen molar-refractivity contribution >= 4 is 28.6 Å². The van der Waals surface area contributed by atoms with Crippen LogP contribution < -0.4 is 4.74 Å². The van der Waals surface area contributed by atoms with Crippen LogP contribution in [0.1, 0.15) is 42.9 Å². The molecule has 3 atom stereocenters. The van der Waals surface area contributed by atoms with Crippen LogP contribution in [-0.2, 0) is 4.79 Å². The highest BCUT2D eigenvalue weighted by Crippen LogP contribution is 2.34. The van der Waals surface area contributed by atoms with E-state index in [4.69, 9.17) is 10.00 Å². The summed E-state index contributed by atoms with van der Waals surface area (Å²) < 4.78 is 5.34. The molecule has 1 aliphatic heterocycles. The summed E-state index contributed by atoms with van der Waals surface area (Å²) >= 11 is 1.72. The normalized spacial score (nSPS) is 18.8. The van der Waals surface area contributed by atoms with E-state index in [9.17, 15) is 15.0 Å². The zero-order chi connectivity index (χ0) is 26.2. The van der Waals surface area contributed by atoms with Crippen LogP contribution in [0.15, 0.2) is 59.6 Å². The number of aliphatic hydroxyl groups excluding tert-OH is 1. The predicted molar refractivity (Wildman–Crippen MR) is 145 cm³/mol. The molecule has 2 aromatic carbocycles. The number of ether oxygens (including phenoxy) is 1. The molecule has 194 valence electrons. The fourth-order valence-corrected chi connectivity index (χ4v) is 6.02. The number of hydrogen-bond donors (Lipinski definition) is 2. The van der Waals surface area contributed by atoms with E-state index in [0.717, 1.165) is 53.0 Å². The summed E-state index contributed by atoms with van der Waals surface area (Å²) in [5.41, 5.74) is 2.26. The number of carboxylic acid groups (broad SMARTS) is 1. The average Bonchev–Trinajstić information content (AvgIpc) is 2.93. The number of nitrogens with zero attached hydrogens (tertiary/aromatic N) is 3. The lowest BCUT2D eigenvalue weighted by molar-refractivity contribution is -0.146. The van der Waals surface area contributed by atoms with Gasteiger partial charge in [-0.05, 0) is 98.5 Å². The summed E-state index contributed by atoms with van der Waals surface area (Å²) in [6.45, 7) is 2.27. The number of methoxy groups -OCH3 is 1. The minimum Gasteiger partial charge on any atom is -0.497 e. The molecular weight excluding hydrogens is 486 g/mol. The van der Waals surface area contributed by atoms with Gasteiger partial charge in [0.25, 0.3) is 0 Å². The third-order valence-electron chi connectivity index (χ3n) is 7.16. The van der Waals surface area contributed by atoms with Gasteiger partial charge < -0.3 is 19.8 Å². The highest BCUT2D eigenvalue weighted by atomic mass is 32.2. The highest BCUT2D eigenvalue weighted by molar-refractivity contribution is 7.99. The quantitative estimate of drug-likeness (QED) is 0.265. The van der Waals surface area contributed by atoms with Crippen molar-refractivity contribution in [3.63, 3.8) is 0 Å². The maximum absolute atomic E-state index is 12.1. The van der Waals surface area contributed by atoms with Gasteiger partial charge in [-0.2, -0.15) is 5.26 Å². The van der Waals surface area contributed by atoms with Gasteiger partial charge in [-0.25, -0.2) is 0 Å². The number of pyridine rings is 1. The first-order chi connectivity index (χ1) is 18.0. The van der Waals surface area contributed by atoms with E-state index in [1.165, 1.54) is 0 Å². The second-order valence-electron chi connectivity index (χ2n) is 9.51. The number of benzene rings is 2. The molecule has 8 heteroatoms. The van der Waals surface area contributed by atoms with Gasteiger partial charge in [-0.15, -0.1) is 11.8 Å². The van der Waals surface area contributed by atoms with Crippen molar-refractivity contribution in [2.75, 3.05) is 32.5 Å². The van der Waals surface area contributed by atoms with Crippen molar-refractivity contribution in [2.45, 2.75) is 36.7 Å². The van der Waals surface area contributed by atoms with Gasteiger partial charge in [0.1, 0.15) is 5.75 Å². The monoisotopic (exact) mass is 519 g/mol. The van der Waals surface area contributed by atoms with Crippen molar-refractivity contribution < 1.29 is 19.7 Å². The molecular formula is C29H33N3O4S. The van der Waals surface area contributed by atoms with E-state index in [1.807, 2.05) is 42.5 Å². The minimum absolute atomic E-state index is 0.0362. The molecule has 0 bridgehead atoms. The molecule has 37 heavy (non-hydrogen) atoms. The van der Waals surface area contributed by atoms with E-state index in [-0.39, 0.29) is 5.92 Å². The van der Waals surface area contributed by atoms with Crippen LogP contribution >= 0.6 is 11.8 Å². The van der Waals surface area contributed by atoms with E-state index < -0.39 is 18.0 Å². The topological polar surface area (TPSA) is 107 Å². The Morgan fingerprint density at radius 3 is 2.95 bits per heavy atom. The Balaban J connectivity index is 1.29. The number of aliphatic carboxylic acids is 1. The lowest BCUT2D eigenvalue weighted by Crippen LogP contribution is -2.44. The molecule has 0 saturated carbocycles. The fourth-order valence-electron chi connectivity index (χ4n) is 5.12. The first kappa shape index (κ1) is 26.9. The zero-order valence-corrected chi connectivity index (χ0v) is 21.9. The Bertz CT molecular complexity index is 1260. The van der Waals surface area contributed by atoms with Crippen LogP contribution in [0, 0.1) is 23.2 Å². The van der Waals surface area contributed by atoms with Crippen LogP contribution in [0.4, 0.5) is 0 Å². The summed E-state index contributed by atoms with van der Waals surface area (Å²) in [4.78, 5) is 19.8. The number of carboxylic acids is 1. The molecule has 3 aromatic rings. The van der Waals surface area contributed by atoms with Crippen LogP contribution in [0.5, 0.6) is 5.75 Å². The second kappa shape index (κ2) is 12.9. The van der Waals surface area contributed by atoms with Gasteiger partial charge in [0.15, 0.2) is 0 Å². The Morgan fingerprint density at radius 2 is 2.16 bits per heavy atom. The number of likely N-dealkylation sites (tertiary alicyclic amines) is 1. The summed E-state index contributed by atoms with van der Waals surface area (Å²) in [6, 6.07) is 17.2. The van der Waals surface area contributed by atoms with E-state index in [1.54, 1.807) is 31.1 Å². The van der Waals surface area contributed by atoms with Crippen molar-refractivity contribution in [3.8, 4) is 11.8 Å². The molecule has 7 nitrogen and oxygen atoms in total. The number of hydrogen-bond acceptors (Lipinski definition) is 7. The number of nitriles is 1. The molecule has 4 rings (SSSR count). The van der Waals surface area contributed by atoms with Gasteiger partial charge in [-0.1, -0.05) is 6.07 Å². The standard InChI is InChI=1S/C29H33N3O4S/c1-36-22-7-8-27-25(17-22)24(10-12-31-27)28(33)9-6-21-11-14-32(19-26(21)29(34)35)13-3-15-37-23-5-2-4-20(16-23)18-30/h2,4-5,7-8,10,12,16-17,21,26,28,33H,3,6,9,11,13-15,19H2,1H3,(H,34,35)/t21-,26+,28?/m1/s1. The van der Waals surface area contributed by atoms with Gasteiger partial charge >= 0.3 is 5.97 Å². The lowest BCUT2D eigenvalue weighted by atomic mass is 9.81. The smallest absolute Gasteiger partial charge is 0.308 e. The summed E-state index contributed by atoms with van der Waals surface area (Å²) in [5, 5.41) is 30.9. The van der Waals surface area contributed by atoms with E-state index in [0.29, 0.717) is 30.7 Å². The van der Waals surface area contributed by atoms with Gasteiger partial charge in [-0.3, -0.25) is 9.78 Å². The summed E-state index contributed by atoms with van der Waals surface area (Å²) in [5.74, 6) is 0.473. The minimum atomic E-state index is -0.758. The zero-order valence-electron chi connectivity index (χ0n) is 21.0. The van der Waals surface area contributed by atoms with Crippen LogP contribution in [-0.4, -0.2) is 58.6 Å². The molecule has 1 saturated heterocycles. The summed E-state index contributed by atoms with van der Waals surface area (Å²) in [7, 11) is 1.61. The first-order valence-electron chi connectivity index (χ1n) is 12.7. The van der Waals surface area contributed by atoms with Gasteiger partial charge in [0.2, 0.25) is 0 Å². The molecule has 0 amide bonds. The second-order valence-corrected chi connectivity index (χ2v) is 10.7. The SMILES string of the molecule is COc1ccc2nccc(C(O)CC[C@@H]3CCN(CCCSc4cccc(C#N)c4)C[C@@H]3C(=O)O)c2c1. The fraction of sp³-hybridized carbons (Fsp3) is 0.414. The molecule has 2 heterocycles. The Kier molecular flexibility index (Phi) is 9.40. The molecule has 2 N–H and O–H groups in total. The number of aromatic nitrogens is 1. The van der Waals surface area contributed by atoms with E-state index >= 15 is 0 Å². The molecule has 0 radical (unpaired) electrons. The molecule has 0 aliphatic carbocycles. The molecule has 1 unspecified atom stereocenters. The number of rotatable bonds is 11. The van der Waals surface area contributed by atoms with E-state index in [2.05, 4.69) is 16.0 Å². The van der Waals surface area contributed by atoms with Gasteiger partial charge in [0.05, 0.1) is 36.3 Å². The maximum Gasteiger partial charge on any atom is 0.308 e. The first-order valence-corrected chi connectivity index (χ1v) is 13.7. The number of fused-ring (bicyclic) bond motifs is 1. The number of thioether (sulfide) groups is 1. The average molecular weight is 520 g/mol. The van der Waals surface area contributed by atoms with Crippen LogP contribution in [0.3, 0.4) is 0 Å². The van der Waals surface area contributed by atoms with Crippen LogP contribution in [0.25, 0.3) is 10.9 Å². The Morgan fingerprint density at radius 1 is 1.30 bits per heavy atom. The van der Waals surface area contributed by atoms with Crippen molar-refractivity contribution in [1.82, 2.24) is 9.88 Å². The molecule has 1 fully saturated rings. The van der Waals surface area contributed by atoms with Crippen molar-refractivity contribution in [1.29, 1.82) is 5.26 Å². The number of piperidine rings is 1. The number of aliphatic hydroxyl groups is 1. The van der Waals surface area contributed by atoms with Crippen LogP contribution in [0.2, 0.25) is 0 Å². The maximum atomic E-state index is 12.1. The largest absolute Gasteiger partial charge is 0.497 e. The van der Waals surface area contributed by atoms with Crippen molar-refractivity contribution in [2.24, 2.45) is 11.8 Å². The third kappa shape index (κ3) is 7.01. The molecule has 1 aliphatic rings. The Labute approximate surface area is 222 Å². The lowest BCUT2D eigenvalue weighted by Gasteiger charge is -2.37. The molecule has 0 spiro atoms. The van der Waals surface area contributed by atoms with Gasteiger partial charge in [0, 0.05) is 23.0 Å². The molecule has 1 aromatic heterocycles.